The van der Waals surface area contributed by atoms with E-state index in [0.717, 1.165) is 5.56 Å². The Kier molecular flexibility index (Phi) is 9.39. The number of hydrazine groups is 1. The largest absolute Gasteiger partial charge is 0.460 e. The van der Waals surface area contributed by atoms with Crippen LogP contribution in [0.15, 0.2) is 36.4 Å². The van der Waals surface area contributed by atoms with Gasteiger partial charge in [-0.2, -0.15) is 0 Å². The van der Waals surface area contributed by atoms with Crippen molar-refractivity contribution in [3.05, 3.63) is 42.0 Å². The van der Waals surface area contributed by atoms with Crippen LogP contribution in [0.2, 0.25) is 0 Å². The second-order valence-corrected chi connectivity index (χ2v) is 8.80. The van der Waals surface area contributed by atoms with Crippen molar-refractivity contribution in [1.29, 1.82) is 0 Å². The normalized spacial score (nSPS) is 14.9. The molecular weight excluding hydrogens is 382 g/mol. The van der Waals surface area contributed by atoms with Crippen LogP contribution in [0.25, 0.3) is 6.08 Å². The minimum Gasteiger partial charge on any atom is -0.460 e. The number of carbonyl (C=O) groups is 3. The van der Waals surface area contributed by atoms with Crippen molar-refractivity contribution in [1.82, 2.24) is 5.43 Å². The van der Waals surface area contributed by atoms with Crippen LogP contribution >= 0.6 is 0 Å². The average molecular weight is 418 g/mol. The van der Waals surface area contributed by atoms with Crippen molar-refractivity contribution in [2.75, 3.05) is 6.54 Å². The van der Waals surface area contributed by atoms with Crippen LogP contribution in [-0.2, 0) is 19.1 Å². The molecule has 0 aliphatic rings. The molecule has 0 saturated carbocycles. The summed E-state index contributed by atoms with van der Waals surface area (Å²) in [7, 11) is 0. The van der Waals surface area contributed by atoms with Crippen molar-refractivity contribution in [3.8, 4) is 0 Å². The molecular formula is C23H35N3O4. The van der Waals surface area contributed by atoms with Crippen molar-refractivity contribution in [2.45, 2.75) is 53.1 Å². The van der Waals surface area contributed by atoms with Gasteiger partial charge < -0.3 is 10.5 Å². The van der Waals surface area contributed by atoms with E-state index in [9.17, 15) is 14.4 Å². The van der Waals surface area contributed by atoms with Gasteiger partial charge in [-0.3, -0.25) is 19.8 Å². The number of allylic oxidation sites excluding steroid dienone is 1. The first kappa shape index (κ1) is 25.5. The topological polar surface area (TPSA) is 125 Å². The quantitative estimate of drug-likeness (QED) is 0.177. The van der Waals surface area contributed by atoms with E-state index in [1.54, 1.807) is 26.8 Å². The van der Waals surface area contributed by atoms with E-state index in [-0.39, 0.29) is 25.3 Å². The monoisotopic (exact) mass is 417 g/mol. The number of esters is 1. The molecule has 1 rings (SSSR count). The highest BCUT2D eigenvalue weighted by atomic mass is 16.6. The van der Waals surface area contributed by atoms with Crippen molar-refractivity contribution < 1.29 is 19.1 Å². The Morgan fingerprint density at radius 1 is 1.13 bits per heavy atom. The molecule has 0 radical (unpaired) electrons. The standard InChI is InChI=1S/C23H35N3O4/c1-16(2)14-23(19(27)15-24,21(29)26-25)18(20(28)30-22(3,4)5)13-9-12-17-10-7-6-8-11-17/h6-12,16,18H,13-15,24-25H2,1-5H3,(H,26,29)/b12-9+/t18?,23-/m1/s1. The lowest BCUT2D eigenvalue weighted by Gasteiger charge is -2.38. The molecule has 166 valence electrons. The predicted octanol–water partition coefficient (Wildman–Crippen LogP) is 2.60. The number of Topliss-reactive ketones (excluding diaryl/α,β-unsaturated/α-hetero) is 1. The van der Waals surface area contributed by atoms with Gasteiger partial charge in [-0.05, 0) is 45.1 Å². The zero-order valence-corrected chi connectivity index (χ0v) is 18.6. The van der Waals surface area contributed by atoms with Crippen LogP contribution in [0.5, 0.6) is 0 Å². The summed E-state index contributed by atoms with van der Waals surface area (Å²) in [5, 5.41) is 0. The van der Waals surface area contributed by atoms with Gasteiger partial charge in [0, 0.05) is 0 Å². The number of benzene rings is 1. The molecule has 1 unspecified atom stereocenters. The molecule has 1 aromatic rings. The molecule has 5 N–H and O–H groups in total. The number of hydrogen-bond acceptors (Lipinski definition) is 6. The molecule has 1 amide bonds. The van der Waals surface area contributed by atoms with Gasteiger partial charge in [-0.1, -0.05) is 56.3 Å². The second-order valence-electron chi connectivity index (χ2n) is 8.80. The molecule has 0 bridgehead atoms. The van der Waals surface area contributed by atoms with Crippen molar-refractivity contribution in [2.24, 2.45) is 28.8 Å². The predicted molar refractivity (Wildman–Crippen MR) is 118 cm³/mol. The van der Waals surface area contributed by atoms with Gasteiger partial charge in [0.2, 0.25) is 5.91 Å². The van der Waals surface area contributed by atoms with E-state index < -0.39 is 34.6 Å². The molecule has 0 fully saturated rings. The second kappa shape index (κ2) is 11.0. The van der Waals surface area contributed by atoms with Gasteiger partial charge in [0.25, 0.3) is 0 Å². The lowest BCUT2D eigenvalue weighted by molar-refractivity contribution is -0.172. The summed E-state index contributed by atoms with van der Waals surface area (Å²) in [4.78, 5) is 39.2. The van der Waals surface area contributed by atoms with Crippen molar-refractivity contribution in [3.63, 3.8) is 0 Å². The van der Waals surface area contributed by atoms with Crippen molar-refractivity contribution >= 4 is 23.7 Å². The molecule has 0 aromatic heterocycles. The molecule has 1 aromatic carbocycles. The number of amides is 1. The summed E-state index contributed by atoms with van der Waals surface area (Å²) in [6, 6.07) is 9.53. The minimum absolute atomic E-state index is 0.0687. The number of hydrogen-bond donors (Lipinski definition) is 3. The van der Waals surface area contributed by atoms with Gasteiger partial charge in [0.15, 0.2) is 5.78 Å². The highest BCUT2D eigenvalue weighted by molar-refractivity contribution is 6.09. The maximum Gasteiger partial charge on any atom is 0.311 e. The molecule has 2 atom stereocenters. The van der Waals surface area contributed by atoms with Gasteiger partial charge >= 0.3 is 5.97 Å². The maximum atomic E-state index is 13.2. The third-order valence-corrected chi connectivity index (χ3v) is 4.72. The molecule has 0 spiro atoms. The van der Waals surface area contributed by atoms with E-state index in [2.05, 4.69) is 5.43 Å². The maximum absolute atomic E-state index is 13.2. The Labute approximate surface area is 179 Å². The van der Waals surface area contributed by atoms with Crippen LogP contribution < -0.4 is 17.0 Å². The highest BCUT2D eigenvalue weighted by Crippen LogP contribution is 2.40. The number of nitrogens with two attached hydrogens (primary N) is 2. The average Bonchev–Trinajstić information content (AvgIpc) is 2.67. The fourth-order valence-electron chi connectivity index (χ4n) is 3.56. The summed E-state index contributed by atoms with van der Waals surface area (Å²) < 4.78 is 5.59. The first-order valence-electron chi connectivity index (χ1n) is 10.2. The van der Waals surface area contributed by atoms with E-state index in [0.29, 0.717) is 0 Å². The summed E-state index contributed by atoms with van der Waals surface area (Å²) in [5.41, 5.74) is 6.18. The number of nitrogens with one attached hydrogen (secondary N) is 1. The van der Waals surface area contributed by atoms with E-state index in [1.807, 2.05) is 50.3 Å². The van der Waals surface area contributed by atoms with Crippen LogP contribution in [-0.4, -0.2) is 29.8 Å². The molecule has 0 saturated heterocycles. The minimum atomic E-state index is -1.72. The first-order valence-corrected chi connectivity index (χ1v) is 10.2. The first-order chi connectivity index (χ1) is 14.0. The number of rotatable bonds is 10. The highest BCUT2D eigenvalue weighted by Gasteiger charge is 2.54. The molecule has 7 nitrogen and oxygen atoms in total. The number of carbonyl (C=O) groups excluding carboxylic acids is 3. The van der Waals surface area contributed by atoms with Gasteiger partial charge in [-0.25, -0.2) is 5.84 Å². The lowest BCUT2D eigenvalue weighted by Crippen LogP contribution is -2.58. The van der Waals surface area contributed by atoms with Crippen LogP contribution in [0.3, 0.4) is 0 Å². The summed E-state index contributed by atoms with van der Waals surface area (Å²) >= 11 is 0. The van der Waals surface area contributed by atoms with Crippen LogP contribution in [0.1, 0.15) is 53.0 Å². The smallest absolute Gasteiger partial charge is 0.311 e. The Morgan fingerprint density at radius 2 is 1.73 bits per heavy atom. The summed E-state index contributed by atoms with van der Waals surface area (Å²) in [5.74, 6) is 2.41. The SMILES string of the molecule is CC(C)C[C@@](C(=O)CN)(C(=O)NN)C(C/C=C/c1ccccc1)C(=O)OC(C)(C)C. The van der Waals surface area contributed by atoms with E-state index >= 15 is 0 Å². The lowest BCUT2D eigenvalue weighted by atomic mass is 9.65. The van der Waals surface area contributed by atoms with Gasteiger partial charge in [0.05, 0.1) is 12.5 Å². The Hall–Kier alpha value is -2.51. The third-order valence-electron chi connectivity index (χ3n) is 4.72. The van der Waals surface area contributed by atoms with Gasteiger partial charge in [0.1, 0.15) is 11.0 Å². The van der Waals surface area contributed by atoms with Gasteiger partial charge in [-0.15, -0.1) is 0 Å². The number of ether oxygens (including phenoxy) is 1. The fraction of sp³-hybridized carbons (Fsp3) is 0.522. The molecule has 30 heavy (non-hydrogen) atoms. The Balaban J connectivity index is 3.49. The summed E-state index contributed by atoms with van der Waals surface area (Å²) in [6.07, 6.45) is 3.85. The van der Waals surface area contributed by atoms with Crippen LogP contribution in [0, 0.1) is 17.3 Å². The molecule has 7 heteroatoms. The van der Waals surface area contributed by atoms with Crippen LogP contribution in [0.4, 0.5) is 0 Å². The third kappa shape index (κ3) is 6.78. The van der Waals surface area contributed by atoms with E-state index in [1.165, 1.54) is 0 Å². The molecule has 0 aliphatic carbocycles. The zero-order valence-electron chi connectivity index (χ0n) is 18.6. The summed E-state index contributed by atoms with van der Waals surface area (Å²) in [6.45, 7) is 8.56. The zero-order chi connectivity index (χ0) is 22.9. The Morgan fingerprint density at radius 3 is 2.20 bits per heavy atom. The fourth-order valence-corrected chi connectivity index (χ4v) is 3.56. The number of ketones is 1. The Bertz CT molecular complexity index is 735. The molecule has 0 heterocycles. The molecule has 0 aliphatic heterocycles. The van der Waals surface area contributed by atoms with E-state index in [4.69, 9.17) is 16.3 Å².